The summed E-state index contributed by atoms with van der Waals surface area (Å²) in [5.74, 6) is 1.76. The molecule has 7 heteroatoms. The highest BCUT2D eigenvalue weighted by molar-refractivity contribution is 7.71. The van der Waals surface area contributed by atoms with E-state index in [1.54, 1.807) is 25.0 Å². The van der Waals surface area contributed by atoms with Crippen LogP contribution in [0.4, 0.5) is 0 Å². The van der Waals surface area contributed by atoms with E-state index in [-0.39, 0.29) is 0 Å². The van der Waals surface area contributed by atoms with Crippen molar-refractivity contribution in [2.75, 3.05) is 21.3 Å². The molecule has 0 N–H and O–H groups in total. The third-order valence-corrected chi connectivity index (χ3v) is 4.17. The maximum Gasteiger partial charge on any atom is 0.288 e. The van der Waals surface area contributed by atoms with Crippen molar-refractivity contribution in [2.45, 2.75) is 13.2 Å². The Morgan fingerprint density at radius 2 is 1.73 bits per heavy atom. The van der Waals surface area contributed by atoms with Gasteiger partial charge in [0, 0.05) is 18.2 Å². The summed E-state index contributed by atoms with van der Waals surface area (Å²) < 4.78 is 17.9. The van der Waals surface area contributed by atoms with Crippen LogP contribution < -0.4 is 9.47 Å². The van der Waals surface area contributed by atoms with E-state index in [2.05, 4.69) is 22.1 Å². The van der Waals surface area contributed by atoms with Gasteiger partial charge in [-0.2, -0.15) is 0 Å². The van der Waals surface area contributed by atoms with E-state index in [4.69, 9.17) is 26.1 Å². The van der Waals surface area contributed by atoms with Crippen molar-refractivity contribution in [1.29, 1.82) is 0 Å². The fourth-order valence-electron chi connectivity index (χ4n) is 2.62. The van der Waals surface area contributed by atoms with E-state index in [1.165, 1.54) is 5.56 Å². The Kier molecular flexibility index (Phi) is 5.70. The lowest BCUT2D eigenvalue weighted by Crippen LogP contribution is -2.22. The number of rotatable bonds is 7. The number of hydrogen-bond donors (Lipinski definition) is 0. The lowest BCUT2D eigenvalue weighted by molar-refractivity contribution is 0.240. The molecule has 2 aromatic carbocycles. The van der Waals surface area contributed by atoms with E-state index in [1.807, 2.05) is 37.4 Å². The number of benzene rings is 2. The molecular weight excluding hydrogens is 350 g/mol. The maximum absolute atomic E-state index is 5.68. The third kappa shape index (κ3) is 4.30. The quantitative estimate of drug-likeness (QED) is 0.586. The molecule has 0 unspecified atom stereocenters. The molecule has 0 amide bonds. The Balaban J connectivity index is 1.80. The van der Waals surface area contributed by atoms with Crippen molar-refractivity contribution in [3.8, 4) is 23.0 Å². The molecule has 0 bridgehead atoms. The first kappa shape index (κ1) is 18.2. The molecule has 0 spiro atoms. The summed E-state index contributed by atoms with van der Waals surface area (Å²) in [5, 5.41) is 4.51. The second-order valence-electron chi connectivity index (χ2n) is 5.92. The largest absolute Gasteiger partial charge is 0.497 e. The van der Waals surface area contributed by atoms with E-state index < -0.39 is 0 Å². The molecule has 6 nitrogen and oxygen atoms in total. The molecule has 0 saturated heterocycles. The molecule has 0 radical (unpaired) electrons. The SMILES string of the molecule is COc1cc(OC)cc(-c2nn(CN(C)Cc3ccccc3)c(=S)o2)c1. The number of ether oxygens (including phenoxy) is 2. The fraction of sp³-hybridized carbons (Fsp3) is 0.263. The smallest absolute Gasteiger partial charge is 0.288 e. The van der Waals surface area contributed by atoms with Gasteiger partial charge in [0.25, 0.3) is 4.84 Å². The Morgan fingerprint density at radius 3 is 2.35 bits per heavy atom. The van der Waals surface area contributed by atoms with Crippen LogP contribution in [0.1, 0.15) is 5.56 Å². The summed E-state index contributed by atoms with van der Waals surface area (Å²) >= 11 is 5.32. The van der Waals surface area contributed by atoms with Crippen LogP contribution in [0.25, 0.3) is 11.5 Å². The summed E-state index contributed by atoms with van der Waals surface area (Å²) in [6, 6.07) is 15.7. The second kappa shape index (κ2) is 8.16. The fourth-order valence-corrected chi connectivity index (χ4v) is 2.79. The van der Waals surface area contributed by atoms with Crippen LogP contribution in [-0.2, 0) is 13.2 Å². The minimum atomic E-state index is 0.321. The zero-order chi connectivity index (χ0) is 18.5. The monoisotopic (exact) mass is 371 g/mol. The summed E-state index contributed by atoms with van der Waals surface area (Å²) in [5.41, 5.74) is 1.97. The predicted molar refractivity (Wildman–Crippen MR) is 102 cm³/mol. The molecule has 0 fully saturated rings. The van der Waals surface area contributed by atoms with E-state index in [0.717, 1.165) is 12.1 Å². The van der Waals surface area contributed by atoms with Gasteiger partial charge in [-0.05, 0) is 37.0 Å². The number of nitrogens with zero attached hydrogens (tertiary/aromatic N) is 3. The van der Waals surface area contributed by atoms with Gasteiger partial charge in [0.15, 0.2) is 0 Å². The average Bonchev–Trinajstić information content (AvgIpc) is 3.02. The lowest BCUT2D eigenvalue weighted by Gasteiger charge is -2.15. The Labute approximate surface area is 157 Å². The highest BCUT2D eigenvalue weighted by Crippen LogP contribution is 2.29. The zero-order valence-corrected chi connectivity index (χ0v) is 15.8. The predicted octanol–water partition coefficient (Wildman–Crippen LogP) is 3.98. The standard InChI is InChI=1S/C19H21N3O3S/c1-21(12-14-7-5-4-6-8-14)13-22-19(26)25-18(20-22)15-9-16(23-2)11-17(10-15)24-3/h4-11H,12-13H2,1-3H3. The molecule has 136 valence electrons. The van der Waals surface area contributed by atoms with Crippen LogP contribution >= 0.6 is 12.2 Å². The van der Waals surface area contributed by atoms with Gasteiger partial charge in [0.2, 0.25) is 5.89 Å². The third-order valence-electron chi connectivity index (χ3n) is 3.88. The van der Waals surface area contributed by atoms with Gasteiger partial charge in [0.05, 0.1) is 20.9 Å². The second-order valence-corrected chi connectivity index (χ2v) is 6.26. The normalized spacial score (nSPS) is 10.9. The molecule has 26 heavy (non-hydrogen) atoms. The van der Waals surface area contributed by atoms with Crippen LogP contribution in [0.2, 0.25) is 0 Å². The number of hydrogen-bond acceptors (Lipinski definition) is 6. The van der Waals surface area contributed by atoms with Crippen LogP contribution in [0, 0.1) is 4.84 Å². The molecular formula is C19H21N3O3S. The topological polar surface area (TPSA) is 52.7 Å². The number of aromatic nitrogens is 2. The van der Waals surface area contributed by atoms with Crippen LogP contribution in [-0.4, -0.2) is 35.9 Å². The highest BCUT2D eigenvalue weighted by atomic mass is 32.1. The summed E-state index contributed by atoms with van der Waals surface area (Å²) in [6.45, 7) is 1.32. The Morgan fingerprint density at radius 1 is 1.08 bits per heavy atom. The molecule has 0 aliphatic rings. The maximum atomic E-state index is 5.68. The van der Waals surface area contributed by atoms with Gasteiger partial charge >= 0.3 is 0 Å². The van der Waals surface area contributed by atoms with Gasteiger partial charge < -0.3 is 13.9 Å². The summed E-state index contributed by atoms with van der Waals surface area (Å²) in [7, 11) is 5.22. The van der Waals surface area contributed by atoms with Crippen molar-refractivity contribution < 1.29 is 13.9 Å². The van der Waals surface area contributed by atoms with Crippen LogP contribution in [0.5, 0.6) is 11.5 Å². The van der Waals surface area contributed by atoms with Gasteiger partial charge in [-0.3, -0.25) is 4.90 Å². The van der Waals surface area contributed by atoms with Gasteiger partial charge in [-0.15, -0.1) is 5.10 Å². The average molecular weight is 371 g/mol. The first-order chi connectivity index (χ1) is 12.6. The Bertz CT molecular complexity index is 899. The van der Waals surface area contributed by atoms with E-state index in [9.17, 15) is 0 Å². The Hall–Kier alpha value is -2.64. The first-order valence-corrected chi connectivity index (χ1v) is 8.53. The van der Waals surface area contributed by atoms with Gasteiger partial charge in [0.1, 0.15) is 11.5 Å². The highest BCUT2D eigenvalue weighted by Gasteiger charge is 2.13. The number of methoxy groups -OCH3 is 2. The van der Waals surface area contributed by atoms with Crippen LogP contribution in [0.3, 0.4) is 0 Å². The summed E-state index contributed by atoms with van der Waals surface area (Å²) in [4.78, 5) is 2.44. The van der Waals surface area contributed by atoms with E-state index in [0.29, 0.717) is 28.9 Å². The van der Waals surface area contributed by atoms with Gasteiger partial charge in [-0.25, -0.2) is 4.68 Å². The van der Waals surface area contributed by atoms with Crippen molar-refractivity contribution >= 4 is 12.2 Å². The molecule has 1 heterocycles. The molecule has 1 aromatic heterocycles. The van der Waals surface area contributed by atoms with Crippen molar-refractivity contribution in [2.24, 2.45) is 0 Å². The molecule has 3 aromatic rings. The molecule has 0 saturated carbocycles. The van der Waals surface area contributed by atoms with Crippen LogP contribution in [0.15, 0.2) is 52.9 Å². The molecule has 0 aliphatic heterocycles. The molecule has 0 atom stereocenters. The minimum Gasteiger partial charge on any atom is -0.497 e. The minimum absolute atomic E-state index is 0.321. The molecule has 3 rings (SSSR count). The van der Waals surface area contributed by atoms with E-state index >= 15 is 0 Å². The lowest BCUT2D eigenvalue weighted by atomic mass is 10.2. The molecule has 0 aliphatic carbocycles. The van der Waals surface area contributed by atoms with Crippen molar-refractivity contribution in [3.05, 3.63) is 58.9 Å². The van der Waals surface area contributed by atoms with Crippen molar-refractivity contribution in [3.63, 3.8) is 0 Å². The summed E-state index contributed by atoms with van der Waals surface area (Å²) in [6.07, 6.45) is 0. The van der Waals surface area contributed by atoms with Gasteiger partial charge in [-0.1, -0.05) is 30.3 Å². The van der Waals surface area contributed by atoms with Crippen molar-refractivity contribution in [1.82, 2.24) is 14.7 Å². The zero-order valence-electron chi connectivity index (χ0n) is 15.0. The first-order valence-electron chi connectivity index (χ1n) is 8.13.